The van der Waals surface area contributed by atoms with Gasteiger partial charge in [-0.2, -0.15) is 0 Å². The van der Waals surface area contributed by atoms with E-state index in [4.69, 9.17) is 34.3 Å². The highest BCUT2D eigenvalue weighted by atomic mass is 35.5. The molecule has 6 nitrogen and oxygen atoms in total. The van der Waals surface area contributed by atoms with Crippen molar-refractivity contribution in [1.29, 1.82) is 0 Å². The third-order valence-corrected chi connectivity index (χ3v) is 3.44. The molecule has 0 saturated heterocycles. The maximum atomic E-state index is 11.7. The number of nitrogens with one attached hydrogen (secondary N) is 1. The molecule has 0 spiro atoms. The number of rotatable bonds is 5. The maximum absolute atomic E-state index is 11.7. The molecule has 3 N–H and O–H groups in total. The van der Waals surface area contributed by atoms with Gasteiger partial charge in [0.25, 0.3) is 5.56 Å². The Hall–Kier alpha value is -1.70. The molecule has 112 valence electrons. The minimum atomic E-state index is -0.291. The first-order valence-corrected chi connectivity index (χ1v) is 7.09. The summed E-state index contributed by atoms with van der Waals surface area (Å²) in [4.78, 5) is 18.5. The van der Waals surface area contributed by atoms with Crippen molar-refractivity contribution < 1.29 is 4.74 Å². The molecule has 0 unspecified atom stereocenters. The Kier molecular flexibility index (Phi) is 5.11. The number of aromatic amines is 1. The highest BCUT2D eigenvalue weighted by molar-refractivity contribution is 7.71. The molecule has 0 aliphatic carbocycles. The van der Waals surface area contributed by atoms with Gasteiger partial charge in [0, 0.05) is 18.8 Å². The molecule has 0 aliphatic rings. The molecule has 8 heteroatoms. The van der Waals surface area contributed by atoms with Crippen LogP contribution in [0.5, 0.6) is 5.88 Å². The third kappa shape index (κ3) is 3.49. The van der Waals surface area contributed by atoms with Crippen molar-refractivity contribution in [3.05, 3.63) is 38.5 Å². The van der Waals surface area contributed by atoms with Crippen LogP contribution in [0, 0.1) is 4.77 Å². The molecule has 0 aromatic carbocycles. The maximum Gasteiger partial charge on any atom is 0.252 e. The molecule has 0 amide bonds. The van der Waals surface area contributed by atoms with Crippen LogP contribution in [0.1, 0.15) is 6.42 Å². The first-order chi connectivity index (χ1) is 10.1. The molecule has 0 atom stereocenters. The van der Waals surface area contributed by atoms with E-state index in [1.807, 2.05) is 0 Å². The van der Waals surface area contributed by atoms with Crippen LogP contribution in [0.3, 0.4) is 0 Å². The largest absolute Gasteiger partial charge is 0.481 e. The fourth-order valence-corrected chi connectivity index (χ4v) is 2.44. The minimum Gasteiger partial charge on any atom is -0.481 e. The Morgan fingerprint density at radius 1 is 1.52 bits per heavy atom. The monoisotopic (exact) mass is 326 g/mol. The van der Waals surface area contributed by atoms with Crippen molar-refractivity contribution in [3.63, 3.8) is 0 Å². The molecule has 0 bridgehead atoms. The first-order valence-electron chi connectivity index (χ1n) is 6.31. The van der Waals surface area contributed by atoms with E-state index in [1.54, 1.807) is 10.6 Å². The molecule has 2 aromatic rings. The molecule has 0 radical (unpaired) electrons. The quantitative estimate of drug-likeness (QED) is 0.820. The van der Waals surface area contributed by atoms with E-state index >= 15 is 0 Å². The number of pyridine rings is 1. The molecule has 21 heavy (non-hydrogen) atoms. The highest BCUT2D eigenvalue weighted by Gasteiger charge is 2.13. The lowest BCUT2D eigenvalue weighted by atomic mass is 10.2. The number of nitrogens with zero attached hydrogens (tertiary/aromatic N) is 2. The fraction of sp³-hybridized carbons (Fsp3) is 0.308. The summed E-state index contributed by atoms with van der Waals surface area (Å²) in [6, 6.07) is 3.14. The second-order valence-electron chi connectivity index (χ2n) is 4.33. The zero-order valence-corrected chi connectivity index (χ0v) is 13.0. The van der Waals surface area contributed by atoms with Crippen molar-refractivity contribution >= 4 is 23.8 Å². The van der Waals surface area contributed by atoms with Gasteiger partial charge in [0.15, 0.2) is 4.77 Å². The predicted molar refractivity (Wildman–Crippen MR) is 84.4 cm³/mol. The standard InChI is InChI=1S/C13H15ClN4O2S/c1-20-12-9(5-8(14)7-16-12)10-6-11(19)17-13(21)18(10)4-2-3-15/h5-7H,2-4,15H2,1H3,(H,17,19,21). The average Bonchev–Trinajstić information content (AvgIpc) is 2.45. The van der Waals surface area contributed by atoms with Crippen LogP contribution < -0.4 is 16.0 Å². The second-order valence-corrected chi connectivity index (χ2v) is 5.15. The Morgan fingerprint density at radius 2 is 2.29 bits per heavy atom. The normalized spacial score (nSPS) is 10.6. The second kappa shape index (κ2) is 6.84. The smallest absolute Gasteiger partial charge is 0.252 e. The van der Waals surface area contributed by atoms with Gasteiger partial charge in [-0.25, -0.2) is 4.98 Å². The van der Waals surface area contributed by atoms with Gasteiger partial charge in [0.1, 0.15) is 0 Å². The van der Waals surface area contributed by atoms with Crippen molar-refractivity contribution in [2.24, 2.45) is 5.73 Å². The number of nitrogens with two attached hydrogens (primary N) is 1. The van der Waals surface area contributed by atoms with Crippen molar-refractivity contribution in [2.75, 3.05) is 13.7 Å². The van der Waals surface area contributed by atoms with Crippen LogP contribution in [0.2, 0.25) is 5.02 Å². The number of methoxy groups -OCH3 is 1. The summed E-state index contributed by atoms with van der Waals surface area (Å²) in [7, 11) is 1.51. The Bertz CT molecular complexity index is 757. The molecule has 2 rings (SSSR count). The van der Waals surface area contributed by atoms with Crippen LogP contribution in [0.25, 0.3) is 11.3 Å². The molecule has 2 heterocycles. The van der Waals surface area contributed by atoms with Gasteiger partial charge in [-0.3, -0.25) is 9.78 Å². The Morgan fingerprint density at radius 3 is 2.95 bits per heavy atom. The van der Waals surface area contributed by atoms with Gasteiger partial charge >= 0.3 is 0 Å². The molecule has 0 fully saturated rings. The number of hydrogen-bond donors (Lipinski definition) is 2. The number of ether oxygens (including phenoxy) is 1. The third-order valence-electron chi connectivity index (χ3n) is 2.91. The van der Waals surface area contributed by atoms with Gasteiger partial charge in [-0.05, 0) is 31.2 Å². The summed E-state index contributed by atoms with van der Waals surface area (Å²) >= 11 is 11.2. The van der Waals surface area contributed by atoms with Crippen LogP contribution >= 0.6 is 23.8 Å². The summed E-state index contributed by atoms with van der Waals surface area (Å²) < 4.78 is 7.36. The predicted octanol–water partition coefficient (Wildman–Crippen LogP) is 1.98. The van der Waals surface area contributed by atoms with Gasteiger partial charge in [0.05, 0.1) is 23.4 Å². The van der Waals surface area contributed by atoms with E-state index in [-0.39, 0.29) is 5.56 Å². The minimum absolute atomic E-state index is 0.291. The van der Waals surface area contributed by atoms with Crippen LogP contribution in [-0.4, -0.2) is 28.2 Å². The number of aromatic nitrogens is 3. The first kappa shape index (κ1) is 15.7. The number of halogens is 1. The lowest BCUT2D eigenvalue weighted by Gasteiger charge is -2.15. The Labute approximate surface area is 131 Å². The van der Waals surface area contributed by atoms with Crippen LogP contribution in [0.4, 0.5) is 0 Å². The molecular weight excluding hydrogens is 312 g/mol. The van der Waals surface area contributed by atoms with Gasteiger partial charge in [-0.1, -0.05) is 11.6 Å². The fourth-order valence-electron chi connectivity index (χ4n) is 1.99. The summed E-state index contributed by atoms with van der Waals surface area (Å²) in [6.45, 7) is 1.10. The van der Waals surface area contributed by atoms with Gasteiger partial charge < -0.3 is 15.0 Å². The van der Waals surface area contributed by atoms with Crippen LogP contribution in [0.15, 0.2) is 23.1 Å². The zero-order valence-electron chi connectivity index (χ0n) is 11.4. The van der Waals surface area contributed by atoms with E-state index in [9.17, 15) is 4.79 Å². The van der Waals surface area contributed by atoms with Crippen molar-refractivity contribution in [3.8, 4) is 17.1 Å². The average molecular weight is 327 g/mol. The SMILES string of the molecule is COc1ncc(Cl)cc1-c1cc(=O)[nH]c(=S)n1CCCN. The van der Waals surface area contributed by atoms with Crippen molar-refractivity contribution in [2.45, 2.75) is 13.0 Å². The van der Waals surface area contributed by atoms with E-state index in [2.05, 4.69) is 9.97 Å². The van der Waals surface area contributed by atoms with E-state index < -0.39 is 0 Å². The lowest BCUT2D eigenvalue weighted by Crippen LogP contribution is -2.17. The zero-order chi connectivity index (χ0) is 15.4. The topological polar surface area (TPSA) is 85.9 Å². The van der Waals surface area contributed by atoms with E-state index in [0.717, 1.165) is 6.42 Å². The number of H-pyrrole nitrogens is 1. The molecule has 0 saturated carbocycles. The van der Waals surface area contributed by atoms with Gasteiger partial charge in [-0.15, -0.1) is 0 Å². The number of hydrogen-bond acceptors (Lipinski definition) is 5. The summed E-state index contributed by atoms with van der Waals surface area (Å²) in [5.74, 6) is 0.376. The van der Waals surface area contributed by atoms with Gasteiger partial charge in [0.2, 0.25) is 5.88 Å². The molecular formula is C13H15ClN4O2S. The highest BCUT2D eigenvalue weighted by Crippen LogP contribution is 2.29. The molecule has 2 aromatic heterocycles. The molecule has 0 aliphatic heterocycles. The van der Waals surface area contributed by atoms with Crippen molar-refractivity contribution in [1.82, 2.24) is 14.5 Å². The summed E-state index contributed by atoms with van der Waals surface area (Å²) in [6.07, 6.45) is 2.21. The lowest BCUT2D eigenvalue weighted by molar-refractivity contribution is 0.399. The summed E-state index contributed by atoms with van der Waals surface area (Å²) in [5, 5.41) is 0.447. The van der Waals surface area contributed by atoms with Crippen LogP contribution in [-0.2, 0) is 6.54 Å². The Balaban J connectivity index is 2.70. The van der Waals surface area contributed by atoms with E-state index in [1.165, 1.54) is 19.4 Å². The van der Waals surface area contributed by atoms with E-state index in [0.29, 0.717) is 40.0 Å². The summed E-state index contributed by atoms with van der Waals surface area (Å²) in [5.41, 5.74) is 6.47.